The summed E-state index contributed by atoms with van der Waals surface area (Å²) in [5.74, 6) is -8.36. The number of halogens is 1. The Morgan fingerprint density at radius 2 is 1.33 bits per heavy atom. The summed E-state index contributed by atoms with van der Waals surface area (Å²) in [4.78, 5) is 144. The average molecular weight is 1440 g/mol. The number of benzene rings is 5. The predicted octanol–water partition coefficient (Wildman–Crippen LogP) is 7.31. The van der Waals surface area contributed by atoms with Crippen molar-refractivity contribution in [1.82, 2.24) is 46.5 Å². The van der Waals surface area contributed by atoms with Crippen LogP contribution < -0.4 is 58.3 Å². The van der Waals surface area contributed by atoms with Crippen LogP contribution in [-0.4, -0.2) is 161 Å². The summed E-state index contributed by atoms with van der Waals surface area (Å²) >= 11 is 6.54. The second-order valence-electron chi connectivity index (χ2n) is 23.1. The number of alkyl halides is 1. The number of ether oxygens (including phenoxy) is 2. The fraction of sp³-hybridized carbons (Fsp3) is 0.265. The Kier molecular flexibility index (Phi) is 25.2. The molecule has 5 amide bonds. The van der Waals surface area contributed by atoms with Crippen molar-refractivity contribution in [2.75, 3.05) is 58.3 Å². The van der Waals surface area contributed by atoms with E-state index in [1.54, 1.807) is 77.7 Å². The third-order valence-electron chi connectivity index (χ3n) is 16.0. The van der Waals surface area contributed by atoms with E-state index in [9.17, 15) is 68.4 Å². The van der Waals surface area contributed by atoms with Crippen molar-refractivity contribution in [2.45, 2.75) is 75.2 Å². The van der Waals surface area contributed by atoms with E-state index in [1.165, 1.54) is 27.8 Å². The van der Waals surface area contributed by atoms with Gasteiger partial charge in [0.25, 0.3) is 17.7 Å². The van der Waals surface area contributed by atoms with E-state index in [0.29, 0.717) is 50.3 Å². The number of anilines is 4. The molecule has 0 fully saturated rings. The summed E-state index contributed by atoms with van der Waals surface area (Å²) in [6, 6.07) is 26.3. The highest BCUT2D eigenvalue weighted by Gasteiger charge is 2.36. The second-order valence-corrected chi connectivity index (χ2v) is 26.1. The Balaban J connectivity index is 0.670. The lowest BCUT2D eigenvalue weighted by Gasteiger charge is -2.19. The number of nitrogens with two attached hydrogens (primary N) is 2. The van der Waals surface area contributed by atoms with Gasteiger partial charge in [-0.2, -0.15) is 0 Å². The quantitative estimate of drug-likeness (QED) is 0.00601. The minimum Gasteiger partial charge on any atom is -0.480 e. The van der Waals surface area contributed by atoms with Crippen LogP contribution in [0.2, 0.25) is 0 Å². The van der Waals surface area contributed by atoms with Crippen LogP contribution in [0.3, 0.4) is 0 Å². The number of carboxylic acid groups (broad SMARTS) is 4. The number of H-pyrrole nitrogens is 2. The number of fused-ring (bicyclic) bond motifs is 5. The van der Waals surface area contributed by atoms with E-state index in [4.69, 9.17) is 32.5 Å². The van der Waals surface area contributed by atoms with Crippen LogP contribution in [-0.2, 0) is 40.0 Å². The monoisotopic (exact) mass is 1440 g/mol. The molecule has 30 nitrogen and oxygen atoms in total. The first kappa shape index (κ1) is 73.9. The van der Waals surface area contributed by atoms with Crippen molar-refractivity contribution in [3.05, 3.63) is 168 Å². The SMILES string of the molecule is C=C(N)NC(=O)c1nc(CNc2ccc(C(=C)NC(CCC(=O)NC(CCC(=O)NC(CCCNC(CSSCCOC(=O)Oc3cc4c(c5ccccc35)C(CCl)CN4C(=O)c3cc4cc(NC(=O)c5cc6ccccc6[nH]5)ccc4[nH]3)C(=O)O)C(=O)O)C(=O)O)C(=O)O)cc2)cnc1N. The van der Waals surface area contributed by atoms with Gasteiger partial charge in [0.2, 0.25) is 11.8 Å². The lowest BCUT2D eigenvalue weighted by molar-refractivity contribution is -0.143. The first-order chi connectivity index (χ1) is 48.4. The van der Waals surface area contributed by atoms with Crippen molar-refractivity contribution < 1.29 is 77.8 Å². The van der Waals surface area contributed by atoms with E-state index in [1.807, 2.05) is 36.4 Å². The van der Waals surface area contributed by atoms with Crippen LogP contribution in [0.25, 0.3) is 38.3 Å². The van der Waals surface area contributed by atoms with Gasteiger partial charge < -0.3 is 93.5 Å². The summed E-state index contributed by atoms with van der Waals surface area (Å²) in [6.45, 7) is 7.60. The number of nitrogen functional groups attached to an aromatic ring is 1. The largest absolute Gasteiger partial charge is 0.513 e. The highest BCUT2D eigenvalue weighted by Crippen LogP contribution is 2.46. The normalized spacial score (nSPS) is 13.6. The van der Waals surface area contributed by atoms with Crippen molar-refractivity contribution >= 4 is 154 Å². The molecule has 5 aromatic carbocycles. The van der Waals surface area contributed by atoms with E-state index < -0.39 is 91.2 Å². The third kappa shape index (κ3) is 19.7. The first-order valence-electron chi connectivity index (χ1n) is 31.4. The number of aromatic nitrogens is 4. The topological polar surface area (TPSA) is 467 Å². The number of hydrogen-bond acceptors (Lipinski definition) is 21. The maximum absolute atomic E-state index is 14.4. The molecule has 0 saturated carbocycles. The van der Waals surface area contributed by atoms with Crippen LogP contribution in [0.4, 0.5) is 27.7 Å². The number of hydrogen-bond donors (Lipinski definition) is 15. The predicted molar refractivity (Wildman–Crippen MR) is 381 cm³/mol. The Morgan fingerprint density at radius 1 is 0.703 bits per heavy atom. The molecule has 0 radical (unpaired) electrons. The molecule has 5 atom stereocenters. The fourth-order valence-corrected chi connectivity index (χ4v) is 13.2. The number of rotatable bonds is 36. The van der Waals surface area contributed by atoms with Crippen LogP contribution in [0.15, 0.2) is 134 Å². The molecule has 0 spiro atoms. The first-order valence-corrected chi connectivity index (χ1v) is 34.4. The van der Waals surface area contributed by atoms with Crippen molar-refractivity contribution in [2.24, 2.45) is 5.73 Å². The molecular weight excluding hydrogens is 1370 g/mol. The molecule has 5 unspecified atom stereocenters. The molecule has 0 bridgehead atoms. The van der Waals surface area contributed by atoms with E-state index in [2.05, 4.69) is 70.3 Å². The maximum atomic E-state index is 14.4. The number of carboxylic acids is 4. The van der Waals surface area contributed by atoms with Gasteiger partial charge >= 0.3 is 30.0 Å². The smallest absolute Gasteiger partial charge is 0.480 e. The molecule has 1 aliphatic heterocycles. The Labute approximate surface area is 588 Å². The van der Waals surface area contributed by atoms with Crippen LogP contribution >= 0.6 is 33.2 Å². The van der Waals surface area contributed by atoms with Crippen LogP contribution in [0.5, 0.6) is 5.75 Å². The maximum Gasteiger partial charge on any atom is 0.513 e. The third-order valence-corrected chi connectivity index (χ3v) is 18.7. The summed E-state index contributed by atoms with van der Waals surface area (Å²) in [6.07, 6.45) is -1.40. The van der Waals surface area contributed by atoms with Gasteiger partial charge in [-0.1, -0.05) is 89.3 Å². The molecule has 0 saturated heterocycles. The summed E-state index contributed by atoms with van der Waals surface area (Å²) in [5, 5.41) is 61.0. The summed E-state index contributed by atoms with van der Waals surface area (Å²) in [7, 11) is 2.40. The summed E-state index contributed by atoms with van der Waals surface area (Å²) < 4.78 is 11.2. The van der Waals surface area contributed by atoms with E-state index in [0.717, 1.165) is 21.9 Å². The second kappa shape index (κ2) is 34.4. The van der Waals surface area contributed by atoms with Gasteiger partial charge in [-0.05, 0) is 97.3 Å². The molecule has 4 heterocycles. The Hall–Kier alpha value is -11.3. The molecule has 8 aromatic rings. The number of para-hydroxylation sites is 1. The fourth-order valence-electron chi connectivity index (χ4n) is 11.0. The highest BCUT2D eigenvalue weighted by atomic mass is 35.5. The number of carbonyl (C=O) groups is 10. The number of aliphatic carboxylic acids is 4. The number of nitrogens with zero attached hydrogens (tertiary/aromatic N) is 3. The van der Waals surface area contributed by atoms with Gasteiger partial charge in [-0.25, -0.2) is 29.1 Å². The zero-order chi connectivity index (χ0) is 72.4. The minimum atomic E-state index is -1.60. The van der Waals surface area contributed by atoms with Gasteiger partial charge in [0.1, 0.15) is 47.9 Å². The van der Waals surface area contributed by atoms with Gasteiger partial charge in [0.05, 0.1) is 29.9 Å². The van der Waals surface area contributed by atoms with Crippen molar-refractivity contribution in [1.29, 1.82) is 0 Å². The number of amides is 5. The highest BCUT2D eigenvalue weighted by molar-refractivity contribution is 8.76. The van der Waals surface area contributed by atoms with E-state index in [-0.39, 0.29) is 115 Å². The zero-order valence-corrected chi connectivity index (χ0v) is 56.2. The lowest BCUT2D eigenvalue weighted by atomic mass is 9.95. The zero-order valence-electron chi connectivity index (χ0n) is 53.8. The molecule has 9 rings (SSSR count). The number of nitrogens with one attached hydrogen (secondary N) is 9. The average Bonchev–Trinajstić information content (AvgIpc) is 1.61. The van der Waals surface area contributed by atoms with Crippen LogP contribution in [0.1, 0.15) is 92.7 Å². The molecular formula is C68H71ClN14O16S2. The van der Waals surface area contributed by atoms with Gasteiger partial charge in [0.15, 0.2) is 11.5 Å². The van der Waals surface area contributed by atoms with Gasteiger partial charge in [-0.3, -0.25) is 28.8 Å². The number of aromatic amines is 2. The summed E-state index contributed by atoms with van der Waals surface area (Å²) in [5.41, 5.74) is 16.7. The molecule has 528 valence electrons. The molecule has 17 N–H and O–H groups in total. The Bertz CT molecular complexity index is 4460. The standard InChI is InChI=1S/C68H71ClN14O16S2/c1-35(37-13-15-41(16-14-37)73-31-43-32-74-60(71)59(77-43)62(87)76-36(2)70)75-49(65(91)92)19-21-57(85)82-50(66(93)94)20-22-56(84)81-48(64(89)90)12-7-23-72-53(67(95)96)34-101-100-25-24-98-68(97)99-55-29-54-58(45-10-5-4-9-44(45)55)40(30-69)33-83(54)63(88)52-28-39-26-42(17-18-47(39)80-52)78-61(86)51-27-38-8-3-6-11-46(38)79-51/h3-6,8-11,13-18,26-29,32,40,48-50,53,72-73,75,79-80H,1-2,7,12,19-25,30-31,33-34,70H2,(H2,71,74)(H,76,87)(H,78,86)(H,81,84)(H,82,85)(H,89,90)(H,91,92)(H,93,94)(H,95,96). The molecule has 101 heavy (non-hydrogen) atoms. The molecule has 33 heteroatoms. The number of carbonyl (C=O) groups excluding carboxylic acids is 6. The minimum absolute atomic E-state index is 0.0281. The molecule has 0 aliphatic carbocycles. The lowest BCUT2D eigenvalue weighted by Crippen LogP contribution is -2.45. The molecule has 1 aliphatic rings. The molecule has 3 aromatic heterocycles. The van der Waals surface area contributed by atoms with Gasteiger partial charge in [-0.15, -0.1) is 11.6 Å². The van der Waals surface area contributed by atoms with Crippen molar-refractivity contribution in [3.8, 4) is 5.75 Å². The van der Waals surface area contributed by atoms with Crippen molar-refractivity contribution in [3.63, 3.8) is 0 Å². The van der Waals surface area contributed by atoms with Gasteiger partial charge in [0, 0.05) is 93.0 Å². The van der Waals surface area contributed by atoms with E-state index >= 15 is 0 Å². The van der Waals surface area contributed by atoms with Crippen LogP contribution in [0, 0.1) is 0 Å². The Morgan fingerprint density at radius 3 is 2.00 bits per heavy atom.